The van der Waals surface area contributed by atoms with E-state index in [2.05, 4.69) is 64.4 Å². The van der Waals surface area contributed by atoms with Gasteiger partial charge >= 0.3 is 0 Å². The molecular formula is C17H27BrN2. The molecule has 1 N–H and O–H groups in total. The summed E-state index contributed by atoms with van der Waals surface area (Å²) in [4.78, 5) is 2.55. The molecule has 0 aromatic heterocycles. The molecule has 1 aromatic carbocycles. The Morgan fingerprint density at radius 3 is 2.85 bits per heavy atom. The highest BCUT2D eigenvalue weighted by Gasteiger charge is 2.29. The highest BCUT2D eigenvalue weighted by atomic mass is 79.9. The summed E-state index contributed by atoms with van der Waals surface area (Å²) in [5, 5.41) is 3.63. The first-order chi connectivity index (χ1) is 9.74. The largest absolute Gasteiger partial charge is 0.316 e. The number of hydrogen-bond donors (Lipinski definition) is 1. The lowest BCUT2D eigenvalue weighted by Crippen LogP contribution is -2.35. The van der Waals surface area contributed by atoms with Crippen molar-refractivity contribution in [3.8, 4) is 0 Å². The van der Waals surface area contributed by atoms with Gasteiger partial charge < -0.3 is 5.32 Å². The molecule has 2 atom stereocenters. The monoisotopic (exact) mass is 338 g/mol. The summed E-state index contributed by atoms with van der Waals surface area (Å²) in [6.45, 7) is 5.70. The zero-order chi connectivity index (χ0) is 14.4. The SMILES string of the molecule is CCCNCC1CCCCN(C)C1c1ccccc1Br. The summed E-state index contributed by atoms with van der Waals surface area (Å²) in [5.74, 6) is 0.702. The molecule has 1 heterocycles. The molecule has 2 rings (SSSR count). The Hall–Kier alpha value is -0.380. The third-order valence-corrected chi connectivity index (χ3v) is 5.04. The molecule has 0 amide bonds. The molecule has 1 aromatic rings. The van der Waals surface area contributed by atoms with Gasteiger partial charge in [0.1, 0.15) is 0 Å². The van der Waals surface area contributed by atoms with Gasteiger partial charge in [-0.25, -0.2) is 0 Å². The van der Waals surface area contributed by atoms with Crippen molar-refractivity contribution in [2.24, 2.45) is 5.92 Å². The molecule has 20 heavy (non-hydrogen) atoms. The van der Waals surface area contributed by atoms with E-state index in [9.17, 15) is 0 Å². The first kappa shape index (κ1) is 16.0. The first-order valence-corrected chi connectivity index (χ1v) is 8.68. The van der Waals surface area contributed by atoms with Crippen molar-refractivity contribution in [1.82, 2.24) is 10.2 Å². The van der Waals surface area contributed by atoms with Crippen molar-refractivity contribution in [1.29, 1.82) is 0 Å². The Bertz CT molecular complexity index is 408. The lowest BCUT2D eigenvalue weighted by Gasteiger charge is -2.33. The quantitative estimate of drug-likeness (QED) is 0.808. The molecule has 1 fully saturated rings. The smallest absolute Gasteiger partial charge is 0.0396 e. The Morgan fingerprint density at radius 2 is 2.10 bits per heavy atom. The van der Waals surface area contributed by atoms with Crippen molar-refractivity contribution in [3.63, 3.8) is 0 Å². The fourth-order valence-corrected chi connectivity index (χ4v) is 3.83. The van der Waals surface area contributed by atoms with Crippen LogP contribution in [0.4, 0.5) is 0 Å². The number of likely N-dealkylation sites (tertiary alicyclic amines) is 1. The van der Waals surface area contributed by atoms with Gasteiger partial charge in [0.15, 0.2) is 0 Å². The zero-order valence-electron chi connectivity index (χ0n) is 12.7. The standard InChI is InChI=1S/C17H27BrN2/c1-3-11-19-13-14-8-6-7-12-20(2)17(14)15-9-4-5-10-16(15)18/h4-5,9-10,14,17,19H,3,6-8,11-13H2,1-2H3. The van der Waals surface area contributed by atoms with E-state index < -0.39 is 0 Å². The van der Waals surface area contributed by atoms with Crippen molar-refractivity contribution in [3.05, 3.63) is 34.3 Å². The maximum absolute atomic E-state index is 3.75. The molecule has 0 saturated carbocycles. The average molecular weight is 339 g/mol. The molecule has 1 aliphatic heterocycles. The molecule has 112 valence electrons. The highest BCUT2D eigenvalue weighted by Crippen LogP contribution is 2.37. The van der Waals surface area contributed by atoms with Crippen LogP contribution in [0.15, 0.2) is 28.7 Å². The fraction of sp³-hybridized carbons (Fsp3) is 0.647. The Balaban J connectivity index is 2.19. The fourth-order valence-electron chi connectivity index (χ4n) is 3.31. The maximum Gasteiger partial charge on any atom is 0.0396 e. The molecule has 0 spiro atoms. The van der Waals surface area contributed by atoms with Crippen LogP contribution < -0.4 is 5.32 Å². The summed E-state index contributed by atoms with van der Waals surface area (Å²) in [6, 6.07) is 9.25. The summed E-state index contributed by atoms with van der Waals surface area (Å²) in [6.07, 6.45) is 5.21. The van der Waals surface area contributed by atoms with Gasteiger partial charge in [-0.05, 0) is 63.5 Å². The Kier molecular flexibility index (Phi) is 6.53. The molecule has 1 saturated heterocycles. The van der Waals surface area contributed by atoms with E-state index in [0.717, 1.165) is 13.1 Å². The van der Waals surface area contributed by atoms with Gasteiger partial charge in [-0.1, -0.05) is 47.5 Å². The van der Waals surface area contributed by atoms with Crippen molar-refractivity contribution < 1.29 is 0 Å². The van der Waals surface area contributed by atoms with E-state index in [-0.39, 0.29) is 0 Å². The van der Waals surface area contributed by atoms with E-state index in [1.54, 1.807) is 0 Å². The summed E-state index contributed by atoms with van der Waals surface area (Å²) in [7, 11) is 2.28. The van der Waals surface area contributed by atoms with Gasteiger partial charge in [0.2, 0.25) is 0 Å². The second kappa shape index (κ2) is 8.16. The molecule has 2 nitrogen and oxygen atoms in total. The molecule has 0 aliphatic carbocycles. The molecule has 3 heteroatoms. The van der Waals surface area contributed by atoms with E-state index in [0.29, 0.717) is 12.0 Å². The van der Waals surface area contributed by atoms with Crippen LogP contribution in [0.5, 0.6) is 0 Å². The van der Waals surface area contributed by atoms with Gasteiger partial charge in [-0.15, -0.1) is 0 Å². The topological polar surface area (TPSA) is 15.3 Å². The number of nitrogens with zero attached hydrogens (tertiary/aromatic N) is 1. The van der Waals surface area contributed by atoms with Crippen LogP contribution in [0, 0.1) is 5.92 Å². The summed E-state index contributed by atoms with van der Waals surface area (Å²) >= 11 is 3.75. The number of halogens is 1. The van der Waals surface area contributed by atoms with Crippen LogP contribution in [-0.4, -0.2) is 31.6 Å². The van der Waals surface area contributed by atoms with E-state index in [1.807, 2.05) is 0 Å². The van der Waals surface area contributed by atoms with Gasteiger partial charge in [-0.3, -0.25) is 4.90 Å². The van der Waals surface area contributed by atoms with E-state index >= 15 is 0 Å². The van der Waals surface area contributed by atoms with Gasteiger partial charge in [-0.2, -0.15) is 0 Å². The minimum atomic E-state index is 0.525. The maximum atomic E-state index is 3.75. The zero-order valence-corrected chi connectivity index (χ0v) is 14.3. The van der Waals surface area contributed by atoms with Crippen LogP contribution in [0.1, 0.15) is 44.2 Å². The van der Waals surface area contributed by atoms with Crippen LogP contribution in [0.25, 0.3) is 0 Å². The number of hydrogen-bond acceptors (Lipinski definition) is 2. The summed E-state index contributed by atoms with van der Waals surface area (Å²) < 4.78 is 1.25. The normalized spacial score (nSPS) is 24.6. The van der Waals surface area contributed by atoms with Gasteiger partial charge in [0, 0.05) is 10.5 Å². The number of rotatable bonds is 5. The lowest BCUT2D eigenvalue weighted by atomic mass is 9.89. The predicted molar refractivity (Wildman–Crippen MR) is 90.0 cm³/mol. The number of benzene rings is 1. The Morgan fingerprint density at radius 1 is 1.30 bits per heavy atom. The molecule has 1 aliphatic rings. The second-order valence-electron chi connectivity index (χ2n) is 5.91. The molecular weight excluding hydrogens is 312 g/mol. The lowest BCUT2D eigenvalue weighted by molar-refractivity contribution is 0.188. The predicted octanol–water partition coefficient (Wildman–Crippen LogP) is 4.22. The number of nitrogens with one attached hydrogen (secondary N) is 1. The van der Waals surface area contributed by atoms with Crippen LogP contribution in [0.2, 0.25) is 0 Å². The molecule has 0 radical (unpaired) electrons. The van der Waals surface area contributed by atoms with Crippen molar-refractivity contribution in [2.75, 3.05) is 26.7 Å². The minimum absolute atomic E-state index is 0.525. The van der Waals surface area contributed by atoms with Crippen LogP contribution in [-0.2, 0) is 0 Å². The van der Waals surface area contributed by atoms with Crippen molar-refractivity contribution >= 4 is 15.9 Å². The average Bonchev–Trinajstić information content (AvgIpc) is 2.62. The van der Waals surface area contributed by atoms with Crippen molar-refractivity contribution in [2.45, 2.75) is 38.6 Å². The molecule has 0 bridgehead atoms. The van der Waals surface area contributed by atoms with E-state index in [1.165, 1.54) is 42.3 Å². The van der Waals surface area contributed by atoms with Crippen LogP contribution >= 0.6 is 15.9 Å². The summed E-state index contributed by atoms with van der Waals surface area (Å²) in [5.41, 5.74) is 1.44. The van der Waals surface area contributed by atoms with Gasteiger partial charge in [0.25, 0.3) is 0 Å². The minimum Gasteiger partial charge on any atom is -0.316 e. The highest BCUT2D eigenvalue weighted by molar-refractivity contribution is 9.10. The third kappa shape index (κ3) is 4.06. The first-order valence-electron chi connectivity index (χ1n) is 7.89. The van der Waals surface area contributed by atoms with Gasteiger partial charge in [0.05, 0.1) is 0 Å². The third-order valence-electron chi connectivity index (χ3n) is 4.31. The van der Waals surface area contributed by atoms with Crippen LogP contribution in [0.3, 0.4) is 0 Å². The second-order valence-corrected chi connectivity index (χ2v) is 6.76. The molecule has 2 unspecified atom stereocenters. The van der Waals surface area contributed by atoms with E-state index in [4.69, 9.17) is 0 Å². The Labute approximate surface area is 132 Å².